The molecule has 1 rings (SSSR count). The summed E-state index contributed by atoms with van der Waals surface area (Å²) in [5.74, 6) is -1.79. The maximum absolute atomic E-state index is 12.6. The number of hydrogen-bond donors (Lipinski definition) is 3. The van der Waals surface area contributed by atoms with Crippen molar-refractivity contribution in [3.63, 3.8) is 0 Å². The van der Waals surface area contributed by atoms with Gasteiger partial charge in [0.2, 0.25) is 11.8 Å². The molecule has 0 fully saturated rings. The number of amides is 2. The fraction of sp³-hybridized carbons (Fsp3) is 0.357. The molecule has 0 radical (unpaired) electrons. The first-order chi connectivity index (χ1) is 10.0. The van der Waals surface area contributed by atoms with E-state index in [0.29, 0.717) is 12.1 Å². The molecule has 7 nitrogen and oxygen atoms in total. The zero-order valence-corrected chi connectivity index (χ0v) is 12.1. The summed E-state index contributed by atoms with van der Waals surface area (Å²) in [6, 6.07) is 8.76. The number of hydrogen-bond acceptors (Lipinski definition) is 4. The monoisotopic (exact) mass is 292 g/mol. The molecule has 0 bridgehead atoms. The van der Waals surface area contributed by atoms with Crippen molar-refractivity contribution in [3.8, 4) is 0 Å². The Balaban J connectivity index is 3.08. The Hall–Kier alpha value is -2.57. The van der Waals surface area contributed by atoms with Crippen molar-refractivity contribution in [3.05, 3.63) is 35.9 Å². The molecule has 114 valence electrons. The molecule has 0 aliphatic rings. The van der Waals surface area contributed by atoms with Crippen molar-refractivity contribution in [2.24, 2.45) is 10.9 Å². The number of benzene rings is 1. The summed E-state index contributed by atoms with van der Waals surface area (Å²) < 4.78 is 0. The minimum atomic E-state index is -0.916. The van der Waals surface area contributed by atoms with Gasteiger partial charge in [-0.05, 0) is 12.5 Å². The van der Waals surface area contributed by atoms with Crippen molar-refractivity contribution in [1.29, 1.82) is 0 Å². The molecule has 0 heterocycles. The summed E-state index contributed by atoms with van der Waals surface area (Å²) in [5.41, 5.74) is 6.26. The Morgan fingerprint density at radius 1 is 1.38 bits per heavy atom. The van der Waals surface area contributed by atoms with E-state index in [9.17, 15) is 9.59 Å². The third kappa shape index (κ3) is 4.20. The van der Waals surface area contributed by atoms with Crippen molar-refractivity contribution >= 4 is 17.6 Å². The lowest BCUT2D eigenvalue weighted by Gasteiger charge is -2.25. The van der Waals surface area contributed by atoms with Crippen molar-refractivity contribution in [2.75, 3.05) is 20.1 Å². The maximum atomic E-state index is 12.6. The number of carbonyl (C=O) groups excluding carboxylic acids is 2. The molecule has 0 aliphatic heterocycles. The Morgan fingerprint density at radius 2 is 2.00 bits per heavy atom. The van der Waals surface area contributed by atoms with E-state index in [2.05, 4.69) is 10.5 Å². The minimum Gasteiger partial charge on any atom is -0.409 e. The van der Waals surface area contributed by atoms with Crippen LogP contribution in [0.15, 0.2) is 35.5 Å². The summed E-state index contributed by atoms with van der Waals surface area (Å²) in [6.07, 6.45) is 0. The first kappa shape index (κ1) is 16.5. The average molecular weight is 292 g/mol. The second kappa shape index (κ2) is 7.88. The second-order valence-corrected chi connectivity index (χ2v) is 4.39. The molecule has 1 aromatic rings. The smallest absolute Gasteiger partial charge is 0.239 e. The van der Waals surface area contributed by atoms with Gasteiger partial charge in [0.15, 0.2) is 5.84 Å². The van der Waals surface area contributed by atoms with Gasteiger partial charge in [0.25, 0.3) is 0 Å². The third-order valence-corrected chi connectivity index (χ3v) is 3.10. The molecule has 0 saturated heterocycles. The lowest BCUT2D eigenvalue weighted by atomic mass is 9.96. The van der Waals surface area contributed by atoms with E-state index < -0.39 is 5.92 Å². The van der Waals surface area contributed by atoms with E-state index in [1.54, 1.807) is 37.3 Å². The lowest BCUT2D eigenvalue weighted by Crippen LogP contribution is -2.44. The van der Waals surface area contributed by atoms with Gasteiger partial charge in [-0.2, -0.15) is 0 Å². The Labute approximate surface area is 123 Å². The molecule has 0 aromatic heterocycles. The van der Waals surface area contributed by atoms with E-state index in [1.165, 1.54) is 11.9 Å². The Morgan fingerprint density at radius 3 is 2.48 bits per heavy atom. The summed E-state index contributed by atoms with van der Waals surface area (Å²) in [7, 11) is 1.50. The molecule has 1 aromatic carbocycles. The quantitative estimate of drug-likeness (QED) is 0.299. The highest BCUT2D eigenvalue weighted by Gasteiger charge is 2.29. The number of oxime groups is 1. The standard InChI is InChI=1S/C14H20N4O3/c1-3-18(9-11(19)16-2)14(20)12(13(15)17-21)10-7-5-4-6-8-10/h4-8,12,21H,3,9H2,1-2H3,(H2,15,17)(H,16,19). The molecule has 1 unspecified atom stereocenters. The highest BCUT2D eigenvalue weighted by atomic mass is 16.4. The second-order valence-electron chi connectivity index (χ2n) is 4.39. The Bertz CT molecular complexity index is 516. The number of amidine groups is 1. The van der Waals surface area contributed by atoms with Crippen LogP contribution in [0.2, 0.25) is 0 Å². The molecular weight excluding hydrogens is 272 g/mol. The topological polar surface area (TPSA) is 108 Å². The molecule has 7 heteroatoms. The Kier molecular flexibility index (Phi) is 6.19. The van der Waals surface area contributed by atoms with E-state index in [4.69, 9.17) is 10.9 Å². The highest BCUT2D eigenvalue weighted by Crippen LogP contribution is 2.19. The number of nitrogens with zero attached hydrogens (tertiary/aromatic N) is 2. The number of carbonyl (C=O) groups is 2. The summed E-state index contributed by atoms with van der Waals surface area (Å²) in [6.45, 7) is 2.03. The predicted molar refractivity (Wildman–Crippen MR) is 78.9 cm³/mol. The van der Waals surface area contributed by atoms with E-state index in [0.717, 1.165) is 0 Å². The van der Waals surface area contributed by atoms with Crippen LogP contribution in [0.1, 0.15) is 18.4 Å². The molecule has 4 N–H and O–H groups in total. The van der Waals surface area contributed by atoms with Crippen LogP contribution in [0, 0.1) is 0 Å². The molecule has 0 aliphatic carbocycles. The van der Waals surface area contributed by atoms with Crippen LogP contribution in [0.4, 0.5) is 0 Å². The zero-order valence-electron chi connectivity index (χ0n) is 12.1. The van der Waals surface area contributed by atoms with Gasteiger partial charge in [0.05, 0.1) is 6.54 Å². The molecule has 2 amide bonds. The van der Waals surface area contributed by atoms with Gasteiger partial charge in [-0.25, -0.2) is 0 Å². The van der Waals surface area contributed by atoms with Gasteiger partial charge >= 0.3 is 0 Å². The predicted octanol–water partition coefficient (Wildman–Crippen LogP) is 0.111. The van der Waals surface area contributed by atoms with Crippen LogP contribution in [-0.2, 0) is 9.59 Å². The normalized spacial score (nSPS) is 12.6. The van der Waals surface area contributed by atoms with E-state index in [-0.39, 0.29) is 24.2 Å². The summed E-state index contributed by atoms with van der Waals surface area (Å²) in [4.78, 5) is 25.4. The number of nitrogens with two attached hydrogens (primary N) is 1. The van der Waals surface area contributed by atoms with Crippen LogP contribution in [0.3, 0.4) is 0 Å². The minimum absolute atomic E-state index is 0.0755. The van der Waals surface area contributed by atoms with Gasteiger partial charge in [-0.15, -0.1) is 0 Å². The third-order valence-electron chi connectivity index (χ3n) is 3.10. The molecule has 0 saturated carbocycles. The maximum Gasteiger partial charge on any atom is 0.239 e. The number of nitrogens with one attached hydrogen (secondary N) is 1. The van der Waals surface area contributed by atoms with Crippen molar-refractivity contribution < 1.29 is 14.8 Å². The van der Waals surface area contributed by atoms with Crippen molar-refractivity contribution in [1.82, 2.24) is 10.2 Å². The van der Waals surface area contributed by atoms with Crippen LogP contribution in [0.25, 0.3) is 0 Å². The van der Waals surface area contributed by atoms with E-state index in [1.807, 2.05) is 0 Å². The first-order valence-corrected chi connectivity index (χ1v) is 6.56. The first-order valence-electron chi connectivity index (χ1n) is 6.56. The van der Waals surface area contributed by atoms with Gasteiger partial charge < -0.3 is 21.2 Å². The largest absolute Gasteiger partial charge is 0.409 e. The van der Waals surface area contributed by atoms with Gasteiger partial charge in [-0.1, -0.05) is 35.5 Å². The molecule has 21 heavy (non-hydrogen) atoms. The lowest BCUT2D eigenvalue weighted by molar-refractivity contribution is -0.135. The van der Waals surface area contributed by atoms with Gasteiger partial charge in [0, 0.05) is 13.6 Å². The van der Waals surface area contributed by atoms with E-state index >= 15 is 0 Å². The number of likely N-dealkylation sites (N-methyl/N-ethyl adjacent to an activating group) is 2. The zero-order chi connectivity index (χ0) is 15.8. The molecule has 1 atom stereocenters. The van der Waals surface area contributed by atoms with Crippen LogP contribution in [-0.4, -0.2) is 47.9 Å². The van der Waals surface area contributed by atoms with Crippen LogP contribution >= 0.6 is 0 Å². The van der Waals surface area contributed by atoms with Gasteiger partial charge in [-0.3, -0.25) is 9.59 Å². The van der Waals surface area contributed by atoms with Crippen molar-refractivity contribution in [2.45, 2.75) is 12.8 Å². The van der Waals surface area contributed by atoms with Gasteiger partial charge in [0.1, 0.15) is 5.92 Å². The van der Waals surface area contributed by atoms with Crippen LogP contribution in [0.5, 0.6) is 0 Å². The fourth-order valence-corrected chi connectivity index (χ4v) is 1.92. The van der Waals surface area contributed by atoms with Crippen LogP contribution < -0.4 is 11.1 Å². The summed E-state index contributed by atoms with van der Waals surface area (Å²) >= 11 is 0. The number of rotatable bonds is 6. The average Bonchev–Trinajstić information content (AvgIpc) is 2.53. The summed E-state index contributed by atoms with van der Waals surface area (Å²) in [5, 5.41) is 14.3. The molecule has 0 spiro atoms. The highest BCUT2D eigenvalue weighted by molar-refractivity contribution is 6.07. The SMILES string of the molecule is CCN(CC(=O)NC)C(=O)C(C(N)=NO)c1ccccc1. The molecular formula is C14H20N4O3. The fourth-order valence-electron chi connectivity index (χ4n) is 1.92.